The molecule has 0 spiro atoms. The van der Waals surface area contributed by atoms with Crippen molar-refractivity contribution in [2.24, 2.45) is 0 Å². The van der Waals surface area contributed by atoms with E-state index >= 15 is 0 Å². The van der Waals surface area contributed by atoms with E-state index in [1.807, 2.05) is 12.1 Å². The number of benzene rings is 2. The third-order valence-corrected chi connectivity index (χ3v) is 6.71. The Hall–Kier alpha value is -1.80. The molecule has 1 aliphatic rings. The number of hydrogen-bond acceptors (Lipinski definition) is 3. The van der Waals surface area contributed by atoms with Crippen LogP contribution < -0.4 is 5.32 Å². The fourth-order valence-corrected chi connectivity index (χ4v) is 4.58. The Bertz CT molecular complexity index is 912. The minimum Gasteiger partial charge on any atom is -0.334 e. The van der Waals surface area contributed by atoms with E-state index in [-0.39, 0.29) is 24.0 Å². The van der Waals surface area contributed by atoms with Crippen LogP contribution in [-0.2, 0) is 16.6 Å². The maximum atomic E-state index is 12.7. The maximum Gasteiger partial charge on any atom is 0.317 e. The lowest BCUT2D eigenvalue weighted by Crippen LogP contribution is -2.52. The summed E-state index contributed by atoms with van der Waals surface area (Å²) in [5.74, 6) is 0. The van der Waals surface area contributed by atoms with E-state index in [0.29, 0.717) is 29.7 Å². The molecular weight excluding hydrogens is 409 g/mol. The number of hydrogen-bond donors (Lipinski definition) is 1. The molecule has 1 saturated heterocycles. The highest BCUT2D eigenvalue weighted by Crippen LogP contribution is 2.20. The lowest BCUT2D eigenvalue weighted by Gasteiger charge is -2.34. The number of rotatable bonds is 4. The van der Waals surface area contributed by atoms with Crippen LogP contribution in [0, 0.1) is 0 Å². The maximum absolute atomic E-state index is 12.7. The van der Waals surface area contributed by atoms with Crippen LogP contribution in [0.1, 0.15) is 5.56 Å². The van der Waals surface area contributed by atoms with Crippen molar-refractivity contribution in [1.29, 1.82) is 0 Å². The Morgan fingerprint density at radius 3 is 2.26 bits per heavy atom. The minimum atomic E-state index is -3.59. The lowest BCUT2D eigenvalue weighted by atomic mass is 10.2. The highest BCUT2D eigenvalue weighted by molar-refractivity contribution is 7.89. The summed E-state index contributed by atoms with van der Waals surface area (Å²) in [4.78, 5) is 14.1. The van der Waals surface area contributed by atoms with Gasteiger partial charge in [0.1, 0.15) is 0 Å². The van der Waals surface area contributed by atoms with Gasteiger partial charge in [-0.15, -0.1) is 0 Å². The molecule has 0 radical (unpaired) electrons. The fourth-order valence-electron chi connectivity index (χ4n) is 2.82. The highest BCUT2D eigenvalue weighted by atomic mass is 35.5. The first-order chi connectivity index (χ1) is 12.9. The normalized spacial score (nSPS) is 15.6. The molecule has 144 valence electrons. The predicted molar refractivity (Wildman–Crippen MR) is 105 cm³/mol. The summed E-state index contributed by atoms with van der Waals surface area (Å²) in [6, 6.07) is 13.1. The van der Waals surface area contributed by atoms with Gasteiger partial charge < -0.3 is 10.2 Å². The lowest BCUT2D eigenvalue weighted by molar-refractivity contribution is 0.172. The van der Waals surface area contributed by atoms with Crippen molar-refractivity contribution in [2.45, 2.75) is 11.4 Å². The van der Waals surface area contributed by atoms with Crippen LogP contribution in [0.15, 0.2) is 53.4 Å². The van der Waals surface area contributed by atoms with Gasteiger partial charge in [-0.1, -0.05) is 35.3 Å². The Morgan fingerprint density at radius 2 is 1.63 bits per heavy atom. The summed E-state index contributed by atoms with van der Waals surface area (Å²) in [6.45, 7) is 1.51. The van der Waals surface area contributed by atoms with E-state index in [1.165, 1.54) is 16.4 Å². The van der Waals surface area contributed by atoms with Gasteiger partial charge >= 0.3 is 6.03 Å². The molecule has 0 aliphatic carbocycles. The second-order valence-corrected chi connectivity index (χ2v) is 8.94. The second kappa shape index (κ2) is 8.48. The van der Waals surface area contributed by atoms with Crippen LogP contribution in [0.3, 0.4) is 0 Å². The molecule has 1 aliphatic heterocycles. The quantitative estimate of drug-likeness (QED) is 0.813. The molecule has 1 fully saturated rings. The van der Waals surface area contributed by atoms with Crippen molar-refractivity contribution in [1.82, 2.24) is 14.5 Å². The van der Waals surface area contributed by atoms with Crippen molar-refractivity contribution in [3.05, 3.63) is 64.1 Å². The summed E-state index contributed by atoms with van der Waals surface area (Å²) in [5, 5.41) is 3.93. The summed E-state index contributed by atoms with van der Waals surface area (Å²) in [6.07, 6.45) is 0. The van der Waals surface area contributed by atoms with Crippen LogP contribution in [0.4, 0.5) is 4.79 Å². The Morgan fingerprint density at radius 1 is 0.963 bits per heavy atom. The van der Waals surface area contributed by atoms with E-state index in [2.05, 4.69) is 5.32 Å². The zero-order valence-electron chi connectivity index (χ0n) is 14.4. The monoisotopic (exact) mass is 427 g/mol. The van der Waals surface area contributed by atoms with E-state index in [9.17, 15) is 13.2 Å². The van der Waals surface area contributed by atoms with Crippen molar-refractivity contribution >= 4 is 39.3 Å². The zero-order chi connectivity index (χ0) is 19.4. The van der Waals surface area contributed by atoms with Crippen LogP contribution in [0.5, 0.6) is 0 Å². The van der Waals surface area contributed by atoms with Crippen LogP contribution in [0.2, 0.25) is 10.0 Å². The number of amides is 2. The minimum absolute atomic E-state index is 0.200. The Balaban J connectivity index is 1.55. The van der Waals surface area contributed by atoms with Gasteiger partial charge in [0.25, 0.3) is 0 Å². The van der Waals surface area contributed by atoms with Crippen molar-refractivity contribution in [2.75, 3.05) is 26.2 Å². The van der Waals surface area contributed by atoms with E-state index in [1.54, 1.807) is 29.2 Å². The molecule has 27 heavy (non-hydrogen) atoms. The number of nitrogens with zero attached hydrogens (tertiary/aromatic N) is 2. The van der Waals surface area contributed by atoms with Crippen LogP contribution >= 0.6 is 23.2 Å². The Kier molecular flexibility index (Phi) is 6.26. The number of piperazine rings is 1. The summed E-state index contributed by atoms with van der Waals surface area (Å²) in [5.41, 5.74) is 0.903. The molecular formula is C18H19Cl2N3O3S. The van der Waals surface area contributed by atoms with Crippen LogP contribution in [-0.4, -0.2) is 49.8 Å². The fraction of sp³-hybridized carbons (Fsp3) is 0.278. The number of carbonyl (C=O) groups excluding carboxylic acids is 1. The van der Waals surface area contributed by atoms with Gasteiger partial charge in [-0.3, -0.25) is 0 Å². The first kappa shape index (κ1) is 19.9. The molecule has 3 rings (SSSR count). The molecule has 2 aromatic rings. The molecule has 9 heteroatoms. The average Bonchev–Trinajstić information content (AvgIpc) is 2.66. The van der Waals surface area contributed by atoms with Gasteiger partial charge in [0, 0.05) is 42.8 Å². The highest BCUT2D eigenvalue weighted by Gasteiger charge is 2.30. The number of nitrogens with one attached hydrogen (secondary N) is 1. The van der Waals surface area contributed by atoms with Gasteiger partial charge in [-0.05, 0) is 42.0 Å². The van der Waals surface area contributed by atoms with Gasteiger partial charge in [0.15, 0.2) is 0 Å². The van der Waals surface area contributed by atoms with Gasteiger partial charge in [0.2, 0.25) is 10.0 Å². The van der Waals surface area contributed by atoms with Crippen molar-refractivity contribution in [3.63, 3.8) is 0 Å². The molecule has 1 heterocycles. The molecule has 1 N–H and O–H groups in total. The van der Waals surface area contributed by atoms with Crippen molar-refractivity contribution in [3.8, 4) is 0 Å². The average molecular weight is 428 g/mol. The topological polar surface area (TPSA) is 69.7 Å². The van der Waals surface area contributed by atoms with E-state index in [4.69, 9.17) is 23.2 Å². The molecule has 0 aromatic heterocycles. The van der Waals surface area contributed by atoms with Crippen LogP contribution in [0.25, 0.3) is 0 Å². The zero-order valence-corrected chi connectivity index (χ0v) is 16.8. The van der Waals surface area contributed by atoms with E-state index < -0.39 is 10.0 Å². The summed E-state index contributed by atoms with van der Waals surface area (Å²) >= 11 is 11.8. The largest absolute Gasteiger partial charge is 0.334 e. The molecule has 0 unspecified atom stereocenters. The molecule has 0 saturated carbocycles. The van der Waals surface area contributed by atoms with Gasteiger partial charge in [-0.25, -0.2) is 13.2 Å². The van der Waals surface area contributed by atoms with Crippen molar-refractivity contribution < 1.29 is 13.2 Å². The first-order valence-corrected chi connectivity index (χ1v) is 10.6. The first-order valence-electron chi connectivity index (χ1n) is 8.39. The molecule has 2 amide bonds. The third-order valence-electron chi connectivity index (χ3n) is 4.31. The SMILES string of the molecule is O=C(NCc1cccc(Cl)c1)N1CCN(S(=O)(=O)c2ccc(Cl)cc2)CC1. The molecule has 6 nitrogen and oxygen atoms in total. The third kappa shape index (κ3) is 4.93. The molecule has 0 atom stereocenters. The number of urea groups is 1. The molecule has 2 aromatic carbocycles. The summed E-state index contributed by atoms with van der Waals surface area (Å²) < 4.78 is 26.7. The van der Waals surface area contributed by atoms with Gasteiger partial charge in [0.05, 0.1) is 4.90 Å². The molecule has 0 bridgehead atoms. The number of sulfonamides is 1. The Labute approximate surface area is 168 Å². The standard InChI is InChI=1S/C18H19Cl2N3O3S/c19-15-4-6-17(7-5-15)27(25,26)23-10-8-22(9-11-23)18(24)21-13-14-2-1-3-16(20)12-14/h1-7,12H,8-11,13H2,(H,21,24). The number of halogens is 2. The van der Waals surface area contributed by atoms with Gasteiger partial charge in [-0.2, -0.15) is 4.31 Å². The second-order valence-electron chi connectivity index (χ2n) is 6.13. The van der Waals surface area contributed by atoms with E-state index in [0.717, 1.165) is 5.56 Å². The predicted octanol–water partition coefficient (Wildman–Crippen LogP) is 3.21. The summed E-state index contributed by atoms with van der Waals surface area (Å²) in [7, 11) is -3.59. The number of carbonyl (C=O) groups is 1. The smallest absolute Gasteiger partial charge is 0.317 e.